The normalized spacial score (nSPS) is 10.7. The fourth-order valence-electron chi connectivity index (χ4n) is 3.03. The number of urea groups is 1. The van der Waals surface area contributed by atoms with Crippen LogP contribution in [0.3, 0.4) is 0 Å². The topological polar surface area (TPSA) is 96.2 Å². The molecule has 0 aliphatic rings. The molecule has 146 valence electrons. The number of aromatic nitrogens is 4. The molecule has 0 spiro atoms. The number of fused-ring (bicyclic) bond motifs is 1. The van der Waals surface area contributed by atoms with Crippen LogP contribution in [0.5, 0.6) is 0 Å². The van der Waals surface area contributed by atoms with Crippen LogP contribution in [0.25, 0.3) is 16.9 Å². The first-order chi connectivity index (χ1) is 14.2. The quantitative estimate of drug-likeness (QED) is 0.441. The Labute approximate surface area is 168 Å². The van der Waals surface area contributed by atoms with Crippen LogP contribution in [0, 0.1) is 6.92 Å². The van der Waals surface area contributed by atoms with Crippen LogP contribution in [0.2, 0.25) is 0 Å². The molecule has 8 nitrogen and oxygen atoms in total. The third kappa shape index (κ3) is 4.16. The number of nitrogens with zero attached hydrogens (tertiary/aromatic N) is 4. The van der Waals surface area contributed by atoms with Gasteiger partial charge in [-0.2, -0.15) is 5.10 Å². The predicted molar refractivity (Wildman–Crippen MR) is 113 cm³/mol. The molecule has 4 aromatic rings. The van der Waals surface area contributed by atoms with Gasteiger partial charge in [-0.25, -0.2) is 9.78 Å². The Morgan fingerprint density at radius 2 is 1.90 bits per heavy atom. The number of amides is 2. The zero-order valence-corrected chi connectivity index (χ0v) is 16.0. The molecule has 29 heavy (non-hydrogen) atoms. The van der Waals surface area contributed by atoms with Gasteiger partial charge in [0.25, 0.3) is 0 Å². The van der Waals surface area contributed by atoms with Gasteiger partial charge >= 0.3 is 6.03 Å². The molecule has 0 unspecified atom stereocenters. The summed E-state index contributed by atoms with van der Waals surface area (Å²) in [4.78, 5) is 17.3. The summed E-state index contributed by atoms with van der Waals surface area (Å²) in [5, 5.41) is 16.6. The van der Waals surface area contributed by atoms with Crippen molar-refractivity contribution in [2.45, 2.75) is 6.92 Å². The van der Waals surface area contributed by atoms with Crippen LogP contribution in [0.15, 0.2) is 67.0 Å². The molecule has 0 bridgehead atoms. The molecule has 0 atom stereocenters. The second-order valence-corrected chi connectivity index (χ2v) is 6.48. The molecule has 8 heteroatoms. The van der Waals surface area contributed by atoms with Gasteiger partial charge < -0.3 is 10.6 Å². The Morgan fingerprint density at radius 1 is 1.03 bits per heavy atom. The fourth-order valence-corrected chi connectivity index (χ4v) is 3.03. The highest BCUT2D eigenvalue weighted by Gasteiger charge is 2.17. The van der Waals surface area contributed by atoms with E-state index in [0.717, 1.165) is 22.5 Å². The number of imidazole rings is 1. The number of nitrogens with one attached hydrogen (secondary N) is 3. The molecule has 2 amide bonds. The van der Waals surface area contributed by atoms with Crippen molar-refractivity contribution in [3.05, 3.63) is 72.6 Å². The fraction of sp³-hybridized carbons (Fsp3) is 0.143. The van der Waals surface area contributed by atoms with E-state index in [-0.39, 0.29) is 6.03 Å². The number of carbonyl (C=O) groups excluding carboxylic acids is 1. The maximum atomic E-state index is 12.5. The second kappa shape index (κ2) is 8.39. The molecule has 4 rings (SSSR count). The number of hydrogen-bond acceptors (Lipinski definition) is 5. The van der Waals surface area contributed by atoms with Crippen molar-refractivity contribution in [1.29, 1.82) is 0 Å². The number of anilines is 2. The van der Waals surface area contributed by atoms with Gasteiger partial charge in [-0.05, 0) is 30.7 Å². The van der Waals surface area contributed by atoms with Crippen molar-refractivity contribution in [1.82, 2.24) is 24.9 Å². The standard InChI is InChI=1S/C21H21N7O/c1-15-7-6-14-28-19(15)25-18(16-8-3-2-4-9-16)20(28)26-21(29)23-13-12-22-17-10-5-11-24-27-17/h2-11,14H,12-13H2,1H3,(H,22,27)(H2,23,26,29). The third-order valence-electron chi connectivity index (χ3n) is 4.41. The van der Waals surface area contributed by atoms with Crippen LogP contribution in [-0.4, -0.2) is 38.7 Å². The van der Waals surface area contributed by atoms with Gasteiger partial charge in [-0.15, -0.1) is 5.10 Å². The zero-order valence-electron chi connectivity index (χ0n) is 16.0. The van der Waals surface area contributed by atoms with Crippen molar-refractivity contribution < 1.29 is 4.79 Å². The van der Waals surface area contributed by atoms with Crippen LogP contribution < -0.4 is 16.0 Å². The summed E-state index contributed by atoms with van der Waals surface area (Å²) in [7, 11) is 0. The zero-order chi connectivity index (χ0) is 20.1. The van der Waals surface area contributed by atoms with E-state index >= 15 is 0 Å². The van der Waals surface area contributed by atoms with Gasteiger partial charge in [-0.1, -0.05) is 36.4 Å². The van der Waals surface area contributed by atoms with E-state index < -0.39 is 0 Å². The van der Waals surface area contributed by atoms with Crippen molar-refractivity contribution in [3.8, 4) is 11.3 Å². The number of rotatable bonds is 6. The Balaban J connectivity index is 1.49. The SMILES string of the molecule is Cc1cccn2c(NC(=O)NCCNc3cccnn3)c(-c3ccccc3)nc12. The van der Waals surface area contributed by atoms with Gasteiger partial charge in [0.2, 0.25) is 0 Å². The minimum absolute atomic E-state index is 0.300. The van der Waals surface area contributed by atoms with E-state index in [1.54, 1.807) is 12.3 Å². The Hall–Kier alpha value is -3.94. The number of benzene rings is 1. The Kier molecular flexibility index (Phi) is 5.33. The molecule has 3 N–H and O–H groups in total. The van der Waals surface area contributed by atoms with Gasteiger partial charge in [0.05, 0.1) is 0 Å². The van der Waals surface area contributed by atoms with E-state index in [1.807, 2.05) is 66.1 Å². The highest BCUT2D eigenvalue weighted by molar-refractivity contribution is 5.93. The molecule has 0 radical (unpaired) electrons. The van der Waals surface area contributed by atoms with Gasteiger partial charge in [0.1, 0.15) is 23.0 Å². The molecule has 3 aromatic heterocycles. The van der Waals surface area contributed by atoms with E-state index in [4.69, 9.17) is 4.98 Å². The molecular formula is C21H21N7O. The van der Waals surface area contributed by atoms with E-state index in [2.05, 4.69) is 26.1 Å². The Bertz CT molecular complexity index is 1110. The number of aryl methyl sites for hydroxylation is 1. The van der Waals surface area contributed by atoms with E-state index in [9.17, 15) is 4.79 Å². The lowest BCUT2D eigenvalue weighted by molar-refractivity contribution is 0.252. The van der Waals surface area contributed by atoms with Gasteiger partial charge in [-0.3, -0.25) is 9.72 Å². The Morgan fingerprint density at radius 3 is 2.69 bits per heavy atom. The highest BCUT2D eigenvalue weighted by atomic mass is 16.2. The van der Waals surface area contributed by atoms with E-state index in [0.29, 0.717) is 24.7 Å². The monoisotopic (exact) mass is 387 g/mol. The van der Waals surface area contributed by atoms with Crippen molar-refractivity contribution in [2.24, 2.45) is 0 Å². The van der Waals surface area contributed by atoms with Gasteiger partial charge in [0.15, 0.2) is 0 Å². The first kappa shape index (κ1) is 18.4. The minimum Gasteiger partial charge on any atom is -0.367 e. The average molecular weight is 387 g/mol. The maximum Gasteiger partial charge on any atom is 0.320 e. The molecule has 0 fully saturated rings. The third-order valence-corrected chi connectivity index (χ3v) is 4.41. The number of carbonyl (C=O) groups is 1. The molecule has 1 aromatic carbocycles. The molecule has 0 saturated carbocycles. The maximum absolute atomic E-state index is 12.5. The highest BCUT2D eigenvalue weighted by Crippen LogP contribution is 2.29. The smallest absolute Gasteiger partial charge is 0.320 e. The summed E-state index contributed by atoms with van der Waals surface area (Å²) < 4.78 is 1.90. The summed E-state index contributed by atoms with van der Waals surface area (Å²) >= 11 is 0. The van der Waals surface area contributed by atoms with Crippen LogP contribution in [-0.2, 0) is 0 Å². The van der Waals surface area contributed by atoms with Crippen molar-refractivity contribution >= 4 is 23.3 Å². The average Bonchev–Trinajstić information content (AvgIpc) is 3.12. The van der Waals surface area contributed by atoms with Crippen LogP contribution >= 0.6 is 0 Å². The predicted octanol–water partition coefficient (Wildman–Crippen LogP) is 3.33. The number of hydrogen-bond donors (Lipinski definition) is 3. The van der Waals surface area contributed by atoms with Crippen LogP contribution in [0.1, 0.15) is 5.56 Å². The van der Waals surface area contributed by atoms with Crippen molar-refractivity contribution in [3.63, 3.8) is 0 Å². The molecule has 0 aliphatic carbocycles. The summed E-state index contributed by atoms with van der Waals surface area (Å²) in [6.45, 7) is 2.96. The minimum atomic E-state index is -0.300. The molecule has 0 aliphatic heterocycles. The van der Waals surface area contributed by atoms with E-state index in [1.165, 1.54) is 0 Å². The lowest BCUT2D eigenvalue weighted by Crippen LogP contribution is -2.33. The first-order valence-corrected chi connectivity index (χ1v) is 9.32. The first-order valence-electron chi connectivity index (χ1n) is 9.32. The second-order valence-electron chi connectivity index (χ2n) is 6.48. The number of pyridine rings is 1. The summed E-state index contributed by atoms with van der Waals surface area (Å²) in [5.41, 5.74) is 3.51. The largest absolute Gasteiger partial charge is 0.367 e. The van der Waals surface area contributed by atoms with Crippen molar-refractivity contribution in [2.75, 3.05) is 23.7 Å². The lowest BCUT2D eigenvalue weighted by Gasteiger charge is -2.10. The molecule has 3 heterocycles. The molecule has 0 saturated heterocycles. The summed E-state index contributed by atoms with van der Waals surface area (Å²) in [6.07, 6.45) is 3.51. The van der Waals surface area contributed by atoms with Gasteiger partial charge in [0, 0.05) is 31.0 Å². The lowest BCUT2D eigenvalue weighted by atomic mass is 10.1. The summed E-state index contributed by atoms with van der Waals surface area (Å²) in [6, 6.07) is 17.1. The molecular weight excluding hydrogens is 366 g/mol. The van der Waals surface area contributed by atoms with Crippen LogP contribution in [0.4, 0.5) is 16.4 Å². The summed E-state index contributed by atoms with van der Waals surface area (Å²) in [5.74, 6) is 1.30.